The first-order valence-electron chi connectivity index (χ1n) is 6.07. The molecule has 2 N–H and O–H groups in total. The summed E-state index contributed by atoms with van der Waals surface area (Å²) in [5, 5.41) is 8.82. The minimum atomic E-state index is -3.78. The van der Waals surface area contributed by atoms with Gasteiger partial charge in [0.25, 0.3) is 10.1 Å². The van der Waals surface area contributed by atoms with Crippen molar-refractivity contribution in [1.82, 2.24) is 0 Å². The second-order valence-electron chi connectivity index (χ2n) is 4.83. The van der Waals surface area contributed by atoms with Crippen molar-refractivity contribution in [2.75, 3.05) is 12.4 Å². The van der Waals surface area contributed by atoms with E-state index in [-0.39, 0.29) is 12.4 Å². The van der Waals surface area contributed by atoms with Gasteiger partial charge < -0.3 is 5.11 Å². The van der Waals surface area contributed by atoms with E-state index in [0.717, 1.165) is 38.5 Å². The van der Waals surface area contributed by atoms with Gasteiger partial charge in [0.05, 0.1) is 5.75 Å². The molecule has 5 heteroatoms. The first kappa shape index (κ1) is 13.9. The van der Waals surface area contributed by atoms with Crippen LogP contribution < -0.4 is 0 Å². The van der Waals surface area contributed by atoms with Crippen LogP contribution in [-0.2, 0) is 10.1 Å². The number of hydrogen-bond acceptors (Lipinski definition) is 3. The Balaban J connectivity index is 2.13. The van der Waals surface area contributed by atoms with Gasteiger partial charge in [-0.1, -0.05) is 25.7 Å². The SMILES string of the molecule is O=S(=O)(O)CCCC1CCC(CCO)CC1. The van der Waals surface area contributed by atoms with Crippen molar-refractivity contribution in [2.45, 2.75) is 44.9 Å². The molecule has 0 heterocycles. The maximum atomic E-state index is 10.5. The average Bonchev–Trinajstić information content (AvgIpc) is 2.19. The highest BCUT2D eigenvalue weighted by atomic mass is 32.2. The Morgan fingerprint density at radius 2 is 1.50 bits per heavy atom. The van der Waals surface area contributed by atoms with E-state index in [0.29, 0.717) is 18.3 Å². The van der Waals surface area contributed by atoms with E-state index in [4.69, 9.17) is 9.66 Å². The zero-order valence-electron chi connectivity index (χ0n) is 9.64. The molecule has 1 aliphatic carbocycles. The molecule has 96 valence electrons. The van der Waals surface area contributed by atoms with Crippen molar-refractivity contribution in [3.05, 3.63) is 0 Å². The average molecular weight is 250 g/mol. The molecule has 1 saturated carbocycles. The molecule has 0 atom stereocenters. The normalized spacial score (nSPS) is 26.9. The predicted octanol–water partition coefficient (Wildman–Crippen LogP) is 1.84. The minimum Gasteiger partial charge on any atom is -0.396 e. The molecule has 1 aliphatic rings. The molecule has 0 bridgehead atoms. The first-order valence-corrected chi connectivity index (χ1v) is 7.68. The molecule has 16 heavy (non-hydrogen) atoms. The van der Waals surface area contributed by atoms with Gasteiger partial charge in [-0.05, 0) is 31.1 Å². The molecule has 1 rings (SSSR count). The lowest BCUT2D eigenvalue weighted by atomic mass is 9.79. The number of hydrogen-bond donors (Lipinski definition) is 2. The van der Waals surface area contributed by atoms with Crippen LogP contribution in [0.5, 0.6) is 0 Å². The van der Waals surface area contributed by atoms with Crippen LogP contribution in [0, 0.1) is 11.8 Å². The Labute approximate surface area is 97.8 Å². The van der Waals surface area contributed by atoms with Crippen molar-refractivity contribution in [2.24, 2.45) is 11.8 Å². The second-order valence-corrected chi connectivity index (χ2v) is 6.40. The van der Waals surface area contributed by atoms with E-state index in [1.165, 1.54) is 0 Å². The summed E-state index contributed by atoms with van der Waals surface area (Å²) in [7, 11) is -3.78. The Morgan fingerprint density at radius 1 is 1.00 bits per heavy atom. The quantitative estimate of drug-likeness (QED) is 0.705. The fraction of sp³-hybridized carbons (Fsp3) is 1.00. The third-order valence-corrected chi connectivity index (χ3v) is 4.32. The topological polar surface area (TPSA) is 74.6 Å². The molecule has 0 spiro atoms. The Bertz CT molecular complexity index is 278. The largest absolute Gasteiger partial charge is 0.396 e. The van der Waals surface area contributed by atoms with E-state index >= 15 is 0 Å². The third-order valence-electron chi connectivity index (χ3n) is 3.52. The highest BCUT2D eigenvalue weighted by Crippen LogP contribution is 2.32. The fourth-order valence-corrected chi connectivity index (χ4v) is 3.08. The molecule has 1 fully saturated rings. The lowest BCUT2D eigenvalue weighted by Crippen LogP contribution is -2.16. The second kappa shape index (κ2) is 6.57. The van der Waals surface area contributed by atoms with Crippen molar-refractivity contribution >= 4 is 10.1 Å². The Kier molecular flexibility index (Phi) is 5.72. The van der Waals surface area contributed by atoms with Gasteiger partial charge in [-0.15, -0.1) is 0 Å². The molecular formula is C11H22O4S. The van der Waals surface area contributed by atoms with Crippen LogP contribution in [0.1, 0.15) is 44.9 Å². The summed E-state index contributed by atoms with van der Waals surface area (Å²) in [5.41, 5.74) is 0. The molecule has 0 unspecified atom stereocenters. The summed E-state index contributed by atoms with van der Waals surface area (Å²) in [6, 6.07) is 0. The summed E-state index contributed by atoms with van der Waals surface area (Å²) in [5.74, 6) is 1.16. The lowest BCUT2D eigenvalue weighted by Gasteiger charge is -2.27. The van der Waals surface area contributed by atoms with Crippen molar-refractivity contribution < 1.29 is 18.1 Å². The van der Waals surface area contributed by atoms with E-state index < -0.39 is 10.1 Å². The molecule has 0 aliphatic heterocycles. The number of rotatable bonds is 6. The van der Waals surface area contributed by atoms with Crippen LogP contribution in [0.4, 0.5) is 0 Å². The summed E-state index contributed by atoms with van der Waals surface area (Å²) < 4.78 is 29.7. The van der Waals surface area contributed by atoms with Gasteiger partial charge in [-0.25, -0.2) is 0 Å². The summed E-state index contributed by atoms with van der Waals surface area (Å²) >= 11 is 0. The summed E-state index contributed by atoms with van der Waals surface area (Å²) in [4.78, 5) is 0. The van der Waals surface area contributed by atoms with E-state index in [2.05, 4.69) is 0 Å². The van der Waals surface area contributed by atoms with Crippen molar-refractivity contribution in [3.8, 4) is 0 Å². The van der Waals surface area contributed by atoms with Gasteiger partial charge in [0.15, 0.2) is 0 Å². The highest BCUT2D eigenvalue weighted by molar-refractivity contribution is 7.85. The smallest absolute Gasteiger partial charge is 0.264 e. The molecule has 0 saturated heterocycles. The van der Waals surface area contributed by atoms with Crippen LogP contribution in [0.3, 0.4) is 0 Å². The molecule has 0 radical (unpaired) electrons. The van der Waals surface area contributed by atoms with Crippen LogP contribution in [-0.4, -0.2) is 30.4 Å². The number of aliphatic hydroxyl groups is 1. The Hall–Kier alpha value is -0.130. The zero-order chi connectivity index (χ0) is 12.0. The third kappa shape index (κ3) is 5.82. The molecule has 0 aromatic rings. The van der Waals surface area contributed by atoms with Crippen LogP contribution >= 0.6 is 0 Å². The van der Waals surface area contributed by atoms with Crippen molar-refractivity contribution in [1.29, 1.82) is 0 Å². The molecule has 4 nitrogen and oxygen atoms in total. The fourth-order valence-electron chi connectivity index (χ4n) is 2.55. The van der Waals surface area contributed by atoms with E-state index in [9.17, 15) is 8.42 Å². The molecule has 0 aromatic carbocycles. The maximum Gasteiger partial charge on any atom is 0.264 e. The van der Waals surface area contributed by atoms with Crippen molar-refractivity contribution in [3.63, 3.8) is 0 Å². The molecule has 0 aromatic heterocycles. The maximum absolute atomic E-state index is 10.5. The standard InChI is InChI=1S/C11H22O4S/c12-8-7-11-5-3-10(4-6-11)2-1-9-16(13,14)15/h10-12H,1-9H2,(H,13,14,15). The van der Waals surface area contributed by atoms with E-state index in [1.54, 1.807) is 0 Å². The number of aliphatic hydroxyl groups excluding tert-OH is 1. The van der Waals surface area contributed by atoms with Gasteiger partial charge in [0.2, 0.25) is 0 Å². The minimum absolute atomic E-state index is 0.108. The van der Waals surface area contributed by atoms with Crippen LogP contribution in [0.15, 0.2) is 0 Å². The predicted molar refractivity (Wildman–Crippen MR) is 62.8 cm³/mol. The van der Waals surface area contributed by atoms with Gasteiger partial charge in [-0.3, -0.25) is 4.55 Å². The van der Waals surface area contributed by atoms with Gasteiger partial charge in [-0.2, -0.15) is 8.42 Å². The first-order chi connectivity index (χ1) is 7.51. The lowest BCUT2D eigenvalue weighted by molar-refractivity contribution is 0.201. The highest BCUT2D eigenvalue weighted by Gasteiger charge is 2.20. The van der Waals surface area contributed by atoms with Crippen LogP contribution in [0.25, 0.3) is 0 Å². The summed E-state index contributed by atoms with van der Waals surface area (Å²) in [6.45, 7) is 0.276. The Morgan fingerprint density at radius 3 is 1.94 bits per heavy atom. The monoisotopic (exact) mass is 250 g/mol. The summed E-state index contributed by atoms with van der Waals surface area (Å²) in [6.07, 6.45) is 6.93. The van der Waals surface area contributed by atoms with Crippen LogP contribution in [0.2, 0.25) is 0 Å². The van der Waals surface area contributed by atoms with Gasteiger partial charge >= 0.3 is 0 Å². The van der Waals surface area contributed by atoms with E-state index in [1.807, 2.05) is 0 Å². The molecular weight excluding hydrogens is 228 g/mol. The van der Waals surface area contributed by atoms with Gasteiger partial charge in [0.1, 0.15) is 0 Å². The molecule has 0 amide bonds. The zero-order valence-corrected chi connectivity index (χ0v) is 10.5. The van der Waals surface area contributed by atoms with Gasteiger partial charge in [0, 0.05) is 6.61 Å².